The van der Waals surface area contributed by atoms with Crippen LogP contribution in [0.3, 0.4) is 0 Å². The highest BCUT2D eigenvalue weighted by molar-refractivity contribution is 9.18. The summed E-state index contributed by atoms with van der Waals surface area (Å²) in [7, 11) is 0. The molecule has 1 unspecified atom stereocenters. The van der Waals surface area contributed by atoms with Crippen LogP contribution in [0.4, 0.5) is 4.79 Å². The quantitative estimate of drug-likeness (QED) is 0.608. The van der Waals surface area contributed by atoms with Gasteiger partial charge in [0, 0.05) is 12.8 Å². The van der Waals surface area contributed by atoms with E-state index in [1.807, 2.05) is 60.7 Å². The molecule has 0 saturated carbocycles. The number of carbonyl (C=O) groups excluding carboxylic acids is 2. The van der Waals surface area contributed by atoms with Gasteiger partial charge in [-0.25, -0.2) is 9.59 Å². The summed E-state index contributed by atoms with van der Waals surface area (Å²) in [5, 5.41) is 6.37. The van der Waals surface area contributed by atoms with E-state index in [4.69, 9.17) is 14.3 Å². The first-order valence-corrected chi connectivity index (χ1v) is 9.95. The Bertz CT molecular complexity index is 845. The summed E-state index contributed by atoms with van der Waals surface area (Å²) in [6, 6.07) is 17.8. The maximum Gasteiger partial charge on any atom is 0.408 e. The predicted molar refractivity (Wildman–Crippen MR) is 111 cm³/mol. The van der Waals surface area contributed by atoms with Crippen molar-refractivity contribution in [1.29, 1.82) is 0 Å². The third-order valence-electron chi connectivity index (χ3n) is 4.18. The number of halogens is 1. The Labute approximate surface area is 177 Å². The highest BCUT2D eigenvalue weighted by atomic mass is 79.9. The van der Waals surface area contributed by atoms with Gasteiger partial charge in [-0.2, -0.15) is 0 Å². The van der Waals surface area contributed by atoms with Crippen molar-refractivity contribution in [3.63, 3.8) is 0 Å². The number of benzene rings is 2. The number of nitrogens with zero attached hydrogens (tertiary/aromatic N) is 1. The first-order valence-electron chi connectivity index (χ1n) is 9.16. The number of rotatable bonds is 8. The third kappa shape index (κ3) is 6.90. The molecule has 1 N–H and O–H groups in total. The summed E-state index contributed by atoms with van der Waals surface area (Å²) in [5.74, 6) is -0.558. The molecule has 8 heteroatoms. The van der Waals surface area contributed by atoms with Crippen LogP contribution < -0.4 is 5.32 Å². The fraction of sp³-hybridized carbons (Fsp3) is 0.286. The molecule has 2 atom stereocenters. The second-order valence-electron chi connectivity index (χ2n) is 6.48. The minimum atomic E-state index is -0.883. The van der Waals surface area contributed by atoms with Gasteiger partial charge in [-0.1, -0.05) is 65.8 Å². The molecule has 0 aromatic heterocycles. The van der Waals surface area contributed by atoms with E-state index in [1.54, 1.807) is 0 Å². The van der Waals surface area contributed by atoms with Crippen molar-refractivity contribution in [2.45, 2.75) is 31.6 Å². The Kier molecular flexibility index (Phi) is 7.63. The van der Waals surface area contributed by atoms with Gasteiger partial charge < -0.3 is 19.6 Å². The molecule has 0 aliphatic carbocycles. The lowest BCUT2D eigenvalue weighted by Gasteiger charge is -2.18. The summed E-state index contributed by atoms with van der Waals surface area (Å²) in [5.41, 5.74) is 1.75. The molecular weight excluding hydrogens is 440 g/mol. The summed E-state index contributed by atoms with van der Waals surface area (Å²) in [4.78, 5) is 30.0. The standard InChI is InChI=1S/C21H21BrN2O5/c22-19-12-17(29-24-19)14-27-20(25)18(11-15-7-3-1-4-8-15)23-21(26)28-13-16-9-5-2-6-10-16/h1-10,17-18H,11-14H2,(H,23,26)/t17?,18-/m0/s1. The van der Waals surface area contributed by atoms with Crippen molar-refractivity contribution in [3.05, 3.63) is 71.8 Å². The number of oxime groups is 1. The topological polar surface area (TPSA) is 86.2 Å². The zero-order chi connectivity index (χ0) is 20.5. The lowest BCUT2D eigenvalue weighted by molar-refractivity contribution is -0.149. The number of hydrogen-bond donors (Lipinski definition) is 1. The van der Waals surface area contributed by atoms with Crippen LogP contribution in [0.15, 0.2) is 65.8 Å². The number of ether oxygens (including phenoxy) is 2. The van der Waals surface area contributed by atoms with Crippen molar-refractivity contribution in [2.24, 2.45) is 5.16 Å². The minimum Gasteiger partial charge on any atom is -0.460 e. The summed E-state index contributed by atoms with van der Waals surface area (Å²) >= 11 is 3.24. The highest BCUT2D eigenvalue weighted by Gasteiger charge is 2.27. The molecule has 0 spiro atoms. The van der Waals surface area contributed by atoms with E-state index in [1.165, 1.54) is 0 Å². The molecule has 1 amide bonds. The summed E-state index contributed by atoms with van der Waals surface area (Å²) in [6.45, 7) is 0.157. The Morgan fingerprint density at radius 2 is 1.72 bits per heavy atom. The zero-order valence-corrected chi connectivity index (χ0v) is 17.2. The first kappa shape index (κ1) is 20.9. The second kappa shape index (κ2) is 10.6. The Balaban J connectivity index is 1.56. The molecule has 2 aromatic rings. The van der Waals surface area contributed by atoms with Crippen molar-refractivity contribution in [3.8, 4) is 0 Å². The molecule has 152 valence electrons. The summed E-state index contributed by atoms with van der Waals surface area (Å²) in [6.07, 6.45) is -0.208. The molecule has 0 radical (unpaired) electrons. The zero-order valence-electron chi connectivity index (χ0n) is 15.6. The Morgan fingerprint density at radius 3 is 2.34 bits per heavy atom. The Morgan fingerprint density at radius 1 is 1.07 bits per heavy atom. The van der Waals surface area contributed by atoms with Gasteiger partial charge in [-0.3, -0.25) is 0 Å². The molecule has 1 heterocycles. The molecule has 7 nitrogen and oxygen atoms in total. The van der Waals surface area contributed by atoms with Crippen molar-refractivity contribution >= 4 is 32.6 Å². The van der Waals surface area contributed by atoms with E-state index < -0.39 is 18.1 Å². The third-order valence-corrected chi connectivity index (χ3v) is 4.65. The predicted octanol–water partition coefficient (Wildman–Crippen LogP) is 3.56. The molecule has 0 saturated heterocycles. The van der Waals surface area contributed by atoms with Crippen LogP contribution in [0.1, 0.15) is 17.5 Å². The van der Waals surface area contributed by atoms with E-state index in [2.05, 4.69) is 26.4 Å². The van der Waals surface area contributed by atoms with E-state index in [0.717, 1.165) is 11.1 Å². The molecule has 1 aliphatic rings. The molecule has 29 heavy (non-hydrogen) atoms. The monoisotopic (exact) mass is 460 g/mol. The van der Waals surface area contributed by atoms with E-state index >= 15 is 0 Å². The van der Waals surface area contributed by atoms with E-state index in [9.17, 15) is 9.59 Å². The maximum atomic E-state index is 12.6. The lowest BCUT2D eigenvalue weighted by atomic mass is 10.1. The number of hydrogen-bond acceptors (Lipinski definition) is 6. The largest absolute Gasteiger partial charge is 0.460 e. The van der Waals surface area contributed by atoms with Gasteiger partial charge in [-0.15, -0.1) is 0 Å². The van der Waals surface area contributed by atoms with Gasteiger partial charge in [0.25, 0.3) is 0 Å². The fourth-order valence-electron chi connectivity index (χ4n) is 2.71. The van der Waals surface area contributed by atoms with Crippen molar-refractivity contribution < 1.29 is 23.9 Å². The van der Waals surface area contributed by atoms with Gasteiger partial charge in [0.15, 0.2) is 6.10 Å². The molecule has 2 aromatic carbocycles. The van der Waals surface area contributed by atoms with Crippen molar-refractivity contribution in [2.75, 3.05) is 6.61 Å². The van der Waals surface area contributed by atoms with Crippen LogP contribution in [-0.2, 0) is 32.1 Å². The van der Waals surface area contributed by atoms with Crippen LogP contribution in [-0.4, -0.2) is 35.4 Å². The van der Waals surface area contributed by atoms with Crippen LogP contribution in [0.5, 0.6) is 0 Å². The number of nitrogens with one attached hydrogen (secondary N) is 1. The molecular formula is C21H21BrN2O5. The summed E-state index contributed by atoms with van der Waals surface area (Å²) < 4.78 is 11.2. The van der Waals surface area contributed by atoms with Crippen LogP contribution in [0, 0.1) is 0 Å². The average Bonchev–Trinajstić information content (AvgIpc) is 3.17. The average molecular weight is 461 g/mol. The SMILES string of the molecule is O=C(N[C@@H](Cc1ccccc1)C(=O)OCC1CC(Br)=NO1)OCc1ccccc1. The fourth-order valence-corrected chi connectivity index (χ4v) is 3.15. The number of esters is 1. The molecule has 0 bridgehead atoms. The van der Waals surface area contributed by atoms with Crippen LogP contribution >= 0.6 is 15.9 Å². The molecule has 3 rings (SSSR count). The van der Waals surface area contributed by atoms with Crippen molar-refractivity contribution in [1.82, 2.24) is 5.32 Å². The van der Waals surface area contributed by atoms with Gasteiger partial charge in [0.05, 0.1) is 0 Å². The van der Waals surface area contributed by atoms with Gasteiger partial charge >= 0.3 is 12.1 Å². The lowest BCUT2D eigenvalue weighted by Crippen LogP contribution is -2.44. The highest BCUT2D eigenvalue weighted by Crippen LogP contribution is 2.15. The Hall–Kier alpha value is -2.87. The van der Waals surface area contributed by atoms with Crippen LogP contribution in [0.25, 0.3) is 0 Å². The number of alkyl carbamates (subject to hydrolysis) is 1. The van der Waals surface area contributed by atoms with Gasteiger partial charge in [-0.05, 0) is 27.1 Å². The number of carbonyl (C=O) groups is 2. The van der Waals surface area contributed by atoms with E-state index in [-0.39, 0.29) is 25.7 Å². The van der Waals surface area contributed by atoms with E-state index in [0.29, 0.717) is 11.0 Å². The number of amides is 1. The minimum absolute atomic E-state index is 0.0451. The molecule has 1 aliphatic heterocycles. The van der Waals surface area contributed by atoms with Gasteiger partial charge in [0.2, 0.25) is 0 Å². The maximum absolute atomic E-state index is 12.6. The second-order valence-corrected chi connectivity index (χ2v) is 7.39. The van der Waals surface area contributed by atoms with Gasteiger partial charge in [0.1, 0.15) is 23.9 Å². The first-order chi connectivity index (χ1) is 14.1. The smallest absolute Gasteiger partial charge is 0.408 e. The van der Waals surface area contributed by atoms with Crippen LogP contribution in [0.2, 0.25) is 0 Å². The molecule has 0 fully saturated rings. The normalized spacial score (nSPS) is 16.3.